The predicted molar refractivity (Wildman–Crippen MR) is 36.1 cm³/mol. The van der Waals surface area contributed by atoms with Gasteiger partial charge in [0.25, 0.3) is 0 Å². The van der Waals surface area contributed by atoms with Crippen molar-refractivity contribution in [3.05, 3.63) is 0 Å². The van der Waals surface area contributed by atoms with Crippen molar-refractivity contribution in [1.82, 2.24) is 10.4 Å². The first-order chi connectivity index (χ1) is 4.43. The minimum atomic E-state index is 1.01. The van der Waals surface area contributed by atoms with Gasteiger partial charge < -0.3 is 10.2 Å². The lowest BCUT2D eigenvalue weighted by Crippen LogP contribution is -2.26. The van der Waals surface area contributed by atoms with Crippen LogP contribution in [0.15, 0.2) is 0 Å². The van der Waals surface area contributed by atoms with Crippen LogP contribution in [-0.2, 0) is 4.84 Å². The molecule has 1 rings (SSSR count). The molecule has 0 atom stereocenters. The molecule has 0 aromatic carbocycles. The summed E-state index contributed by atoms with van der Waals surface area (Å²) in [5.41, 5.74) is 0. The smallest absolute Gasteiger partial charge is 0.0575 e. The zero-order valence-electron chi connectivity index (χ0n) is 5.89. The zero-order valence-corrected chi connectivity index (χ0v) is 5.89. The van der Waals surface area contributed by atoms with Crippen LogP contribution < -0.4 is 5.32 Å². The van der Waals surface area contributed by atoms with Crippen molar-refractivity contribution in [3.63, 3.8) is 0 Å². The van der Waals surface area contributed by atoms with Crippen molar-refractivity contribution in [1.29, 1.82) is 0 Å². The molecule has 1 fully saturated rings. The average molecular weight is 130 g/mol. The van der Waals surface area contributed by atoms with Gasteiger partial charge in [0.05, 0.1) is 7.11 Å². The number of nitrogens with one attached hydrogen (secondary N) is 1. The Morgan fingerprint density at radius 2 is 2.22 bits per heavy atom. The van der Waals surface area contributed by atoms with Gasteiger partial charge in [0.15, 0.2) is 0 Å². The van der Waals surface area contributed by atoms with Crippen molar-refractivity contribution in [2.24, 2.45) is 0 Å². The summed E-state index contributed by atoms with van der Waals surface area (Å²) >= 11 is 0. The van der Waals surface area contributed by atoms with Gasteiger partial charge in [0.2, 0.25) is 0 Å². The molecule has 0 bridgehead atoms. The largest absolute Gasteiger partial charge is 0.315 e. The van der Waals surface area contributed by atoms with Crippen LogP contribution in [-0.4, -0.2) is 38.4 Å². The van der Waals surface area contributed by atoms with Crippen LogP contribution >= 0.6 is 0 Å². The molecular weight excluding hydrogens is 116 g/mol. The van der Waals surface area contributed by atoms with E-state index < -0.39 is 0 Å². The van der Waals surface area contributed by atoms with E-state index in [4.69, 9.17) is 4.84 Å². The Kier molecular flexibility index (Phi) is 2.97. The van der Waals surface area contributed by atoms with Gasteiger partial charge in [-0.3, -0.25) is 0 Å². The van der Waals surface area contributed by atoms with E-state index in [1.807, 2.05) is 5.06 Å². The van der Waals surface area contributed by atoms with Gasteiger partial charge in [0, 0.05) is 19.6 Å². The highest BCUT2D eigenvalue weighted by Crippen LogP contribution is 1.92. The minimum absolute atomic E-state index is 1.01. The third-order valence-electron chi connectivity index (χ3n) is 1.56. The molecule has 0 amide bonds. The summed E-state index contributed by atoms with van der Waals surface area (Å²) in [5, 5.41) is 5.28. The zero-order chi connectivity index (χ0) is 6.53. The Labute approximate surface area is 55.9 Å². The molecule has 0 aromatic rings. The highest BCUT2D eigenvalue weighted by Gasteiger charge is 2.05. The highest BCUT2D eigenvalue weighted by atomic mass is 16.7. The number of rotatable bonds is 1. The van der Waals surface area contributed by atoms with E-state index in [-0.39, 0.29) is 0 Å². The Hall–Kier alpha value is -0.120. The first kappa shape index (κ1) is 6.99. The second kappa shape index (κ2) is 3.82. The van der Waals surface area contributed by atoms with Crippen LogP contribution in [0.2, 0.25) is 0 Å². The Morgan fingerprint density at radius 3 is 3.00 bits per heavy atom. The van der Waals surface area contributed by atoms with Crippen molar-refractivity contribution in [3.8, 4) is 0 Å². The van der Waals surface area contributed by atoms with Gasteiger partial charge in [-0.2, -0.15) is 5.06 Å². The molecule has 54 valence electrons. The van der Waals surface area contributed by atoms with Gasteiger partial charge in [-0.15, -0.1) is 0 Å². The molecule has 0 aromatic heterocycles. The summed E-state index contributed by atoms with van der Waals surface area (Å²) in [6, 6.07) is 0. The second-order valence-corrected chi connectivity index (χ2v) is 2.22. The molecule has 1 N–H and O–H groups in total. The molecule has 0 radical (unpaired) electrons. The van der Waals surface area contributed by atoms with Crippen LogP contribution in [0.4, 0.5) is 0 Å². The molecule has 0 spiro atoms. The quantitative estimate of drug-likeness (QED) is 0.534. The van der Waals surface area contributed by atoms with Gasteiger partial charge in [-0.25, -0.2) is 0 Å². The Bertz CT molecular complexity index is 69.5. The monoisotopic (exact) mass is 130 g/mol. The summed E-state index contributed by atoms with van der Waals surface area (Å²) in [4.78, 5) is 5.06. The van der Waals surface area contributed by atoms with E-state index in [2.05, 4.69) is 5.32 Å². The molecule has 1 aliphatic heterocycles. The number of nitrogens with zero attached hydrogens (tertiary/aromatic N) is 1. The molecule has 0 unspecified atom stereocenters. The van der Waals surface area contributed by atoms with Crippen molar-refractivity contribution >= 4 is 0 Å². The lowest BCUT2D eigenvalue weighted by atomic mass is 10.4. The maximum absolute atomic E-state index is 5.06. The lowest BCUT2D eigenvalue weighted by Gasteiger charge is -2.14. The molecule has 3 heteroatoms. The maximum Gasteiger partial charge on any atom is 0.0575 e. The molecule has 0 aliphatic carbocycles. The van der Waals surface area contributed by atoms with E-state index in [1.165, 1.54) is 6.42 Å². The molecule has 1 aliphatic rings. The van der Waals surface area contributed by atoms with E-state index in [9.17, 15) is 0 Å². The molecule has 3 nitrogen and oxygen atoms in total. The minimum Gasteiger partial charge on any atom is -0.315 e. The number of hydroxylamine groups is 2. The Balaban J connectivity index is 2.18. The average Bonchev–Trinajstić information content (AvgIpc) is 2.13. The van der Waals surface area contributed by atoms with E-state index in [0.717, 1.165) is 26.2 Å². The number of hydrogen-bond acceptors (Lipinski definition) is 3. The molecule has 0 saturated carbocycles. The van der Waals surface area contributed by atoms with Gasteiger partial charge >= 0.3 is 0 Å². The fourth-order valence-corrected chi connectivity index (χ4v) is 1.00. The molecule has 9 heavy (non-hydrogen) atoms. The van der Waals surface area contributed by atoms with Crippen molar-refractivity contribution < 1.29 is 4.84 Å². The molecule has 1 heterocycles. The summed E-state index contributed by atoms with van der Waals surface area (Å²) in [7, 11) is 1.73. The summed E-state index contributed by atoms with van der Waals surface area (Å²) in [5.74, 6) is 0. The van der Waals surface area contributed by atoms with Crippen LogP contribution in [0.25, 0.3) is 0 Å². The van der Waals surface area contributed by atoms with E-state index >= 15 is 0 Å². The summed E-state index contributed by atoms with van der Waals surface area (Å²) in [6.07, 6.45) is 1.19. The predicted octanol–water partition coefficient (Wildman–Crippen LogP) is -0.157. The van der Waals surface area contributed by atoms with Gasteiger partial charge in [-0.05, 0) is 13.0 Å². The second-order valence-electron chi connectivity index (χ2n) is 2.22. The van der Waals surface area contributed by atoms with Gasteiger partial charge in [-0.1, -0.05) is 0 Å². The Morgan fingerprint density at radius 1 is 1.33 bits per heavy atom. The standard InChI is InChI=1S/C6H14N2O/c1-9-8-5-2-3-7-4-6-8/h7H,2-6H2,1H3. The summed E-state index contributed by atoms with van der Waals surface area (Å²) < 4.78 is 0. The van der Waals surface area contributed by atoms with Crippen molar-refractivity contribution in [2.45, 2.75) is 6.42 Å². The van der Waals surface area contributed by atoms with Crippen LogP contribution in [0.1, 0.15) is 6.42 Å². The third-order valence-corrected chi connectivity index (χ3v) is 1.56. The highest BCUT2D eigenvalue weighted by molar-refractivity contribution is 4.58. The van der Waals surface area contributed by atoms with Crippen LogP contribution in [0.3, 0.4) is 0 Å². The van der Waals surface area contributed by atoms with Crippen LogP contribution in [0, 0.1) is 0 Å². The van der Waals surface area contributed by atoms with Crippen LogP contribution in [0.5, 0.6) is 0 Å². The lowest BCUT2D eigenvalue weighted by molar-refractivity contribution is -0.126. The van der Waals surface area contributed by atoms with E-state index in [0.29, 0.717) is 0 Å². The van der Waals surface area contributed by atoms with Crippen molar-refractivity contribution in [2.75, 3.05) is 33.3 Å². The number of hydrogen-bond donors (Lipinski definition) is 1. The first-order valence-corrected chi connectivity index (χ1v) is 3.43. The summed E-state index contributed by atoms with van der Waals surface area (Å²) in [6.45, 7) is 4.24. The fourth-order valence-electron chi connectivity index (χ4n) is 1.00. The SMILES string of the molecule is CON1CCCNCC1. The molecule has 1 saturated heterocycles. The third kappa shape index (κ3) is 2.30. The topological polar surface area (TPSA) is 24.5 Å². The first-order valence-electron chi connectivity index (χ1n) is 3.43. The van der Waals surface area contributed by atoms with E-state index in [1.54, 1.807) is 7.11 Å². The maximum atomic E-state index is 5.06. The molecular formula is C6H14N2O. The van der Waals surface area contributed by atoms with Gasteiger partial charge in [0.1, 0.15) is 0 Å². The normalized spacial score (nSPS) is 23.7. The fraction of sp³-hybridized carbons (Fsp3) is 1.00.